The number of pyridine rings is 1. The number of amides is 2. The summed E-state index contributed by atoms with van der Waals surface area (Å²) in [7, 11) is 1.59. The van der Waals surface area contributed by atoms with E-state index in [0.29, 0.717) is 64.2 Å². The maximum absolute atomic E-state index is 13.4. The summed E-state index contributed by atoms with van der Waals surface area (Å²) >= 11 is 13.3. The molecule has 1 saturated heterocycles. The van der Waals surface area contributed by atoms with Crippen LogP contribution in [0.25, 0.3) is 22.4 Å². The van der Waals surface area contributed by atoms with Crippen molar-refractivity contribution in [2.45, 2.75) is 58.7 Å². The monoisotopic (exact) mass is 598 g/mol. The molecule has 4 rings (SSSR count). The van der Waals surface area contributed by atoms with Crippen molar-refractivity contribution in [1.82, 2.24) is 14.8 Å². The minimum Gasteiger partial charge on any atom is -0.496 e. The molecule has 1 fully saturated rings. The van der Waals surface area contributed by atoms with Gasteiger partial charge in [0.15, 0.2) is 0 Å². The van der Waals surface area contributed by atoms with Gasteiger partial charge in [0.05, 0.1) is 35.1 Å². The maximum Gasteiger partial charge on any atom is 0.410 e. The molecule has 3 aromatic rings. The van der Waals surface area contributed by atoms with Crippen molar-refractivity contribution in [3.8, 4) is 28.1 Å². The first kappa shape index (κ1) is 30.5. The molecule has 1 aliphatic heterocycles. The van der Waals surface area contributed by atoms with E-state index in [1.54, 1.807) is 42.2 Å². The standard InChI is InChI=1S/C31H36Cl2N4O4/c1-19(38)36-15-12-22(13-16-36)37(30(39)41-31(2,3)4)18-21-10-9-20(17-26(21)40-5)29-28(33)24(11-14-35-29)23-7-6-8-25(34)27(23)32/h6-11,14,17,22H,12-13,15-16,18,34H2,1-5H3. The summed E-state index contributed by atoms with van der Waals surface area (Å²) in [6.45, 7) is 8.57. The third-order valence-corrected chi connectivity index (χ3v) is 7.89. The van der Waals surface area contributed by atoms with Gasteiger partial charge >= 0.3 is 6.09 Å². The summed E-state index contributed by atoms with van der Waals surface area (Å²) in [6, 6.07) is 12.8. The normalized spacial score (nSPS) is 14.1. The van der Waals surface area contributed by atoms with Gasteiger partial charge in [-0.1, -0.05) is 47.5 Å². The average Bonchev–Trinajstić information content (AvgIpc) is 2.92. The van der Waals surface area contributed by atoms with Crippen molar-refractivity contribution >= 4 is 40.9 Å². The quantitative estimate of drug-likeness (QED) is 0.305. The van der Waals surface area contributed by atoms with Gasteiger partial charge in [0.1, 0.15) is 11.4 Å². The first-order valence-corrected chi connectivity index (χ1v) is 14.3. The number of anilines is 1. The van der Waals surface area contributed by atoms with Gasteiger partial charge < -0.3 is 25.0 Å². The van der Waals surface area contributed by atoms with Gasteiger partial charge in [-0.2, -0.15) is 0 Å². The zero-order valence-corrected chi connectivity index (χ0v) is 25.6. The molecule has 2 heterocycles. The topological polar surface area (TPSA) is 98.0 Å². The van der Waals surface area contributed by atoms with E-state index in [1.165, 1.54) is 0 Å². The van der Waals surface area contributed by atoms with E-state index >= 15 is 0 Å². The SMILES string of the molecule is COc1cc(-c2nccc(-c3cccc(N)c3Cl)c2Cl)ccc1CN(C(=O)OC(C)(C)C)C1CCN(C(C)=O)CC1. The van der Waals surface area contributed by atoms with E-state index in [1.807, 2.05) is 51.1 Å². The van der Waals surface area contributed by atoms with Gasteiger partial charge in [0, 0.05) is 54.5 Å². The molecule has 0 aliphatic carbocycles. The molecular weight excluding hydrogens is 563 g/mol. The van der Waals surface area contributed by atoms with Crippen molar-refractivity contribution in [1.29, 1.82) is 0 Å². The number of nitrogens with zero attached hydrogens (tertiary/aromatic N) is 3. The van der Waals surface area contributed by atoms with Crippen LogP contribution in [-0.4, -0.2) is 58.6 Å². The number of likely N-dealkylation sites (tertiary alicyclic amines) is 1. The summed E-state index contributed by atoms with van der Waals surface area (Å²) in [5.41, 5.74) is 9.38. The molecule has 0 bridgehead atoms. The number of nitrogen functional groups attached to an aromatic ring is 1. The minimum absolute atomic E-state index is 0.0406. The number of carbonyl (C=O) groups excluding carboxylic acids is 2. The van der Waals surface area contributed by atoms with Crippen molar-refractivity contribution in [3.05, 3.63) is 64.3 Å². The van der Waals surface area contributed by atoms with Crippen LogP contribution in [-0.2, 0) is 16.1 Å². The second-order valence-electron chi connectivity index (χ2n) is 11.1. The van der Waals surface area contributed by atoms with Gasteiger partial charge in [0.25, 0.3) is 0 Å². The van der Waals surface area contributed by atoms with Crippen LogP contribution in [0, 0.1) is 0 Å². The minimum atomic E-state index is -0.650. The Hall–Kier alpha value is -3.49. The van der Waals surface area contributed by atoms with Crippen LogP contribution in [0.4, 0.5) is 10.5 Å². The molecule has 2 N–H and O–H groups in total. The Kier molecular flexibility index (Phi) is 9.34. The van der Waals surface area contributed by atoms with Crippen LogP contribution < -0.4 is 10.5 Å². The Morgan fingerprint density at radius 3 is 2.39 bits per heavy atom. The van der Waals surface area contributed by atoms with Crippen molar-refractivity contribution in [2.24, 2.45) is 0 Å². The average molecular weight is 600 g/mol. The molecule has 2 amide bonds. The van der Waals surface area contributed by atoms with Crippen LogP contribution in [0.1, 0.15) is 46.1 Å². The largest absolute Gasteiger partial charge is 0.496 e. The highest BCUT2D eigenvalue weighted by atomic mass is 35.5. The first-order chi connectivity index (χ1) is 19.4. The summed E-state index contributed by atoms with van der Waals surface area (Å²) in [4.78, 5) is 33.3. The van der Waals surface area contributed by atoms with Crippen molar-refractivity contribution in [3.63, 3.8) is 0 Å². The van der Waals surface area contributed by atoms with Crippen molar-refractivity contribution in [2.75, 3.05) is 25.9 Å². The number of carbonyl (C=O) groups is 2. The van der Waals surface area contributed by atoms with E-state index in [9.17, 15) is 9.59 Å². The predicted octanol–water partition coefficient (Wildman–Crippen LogP) is 7.06. The number of benzene rings is 2. The number of methoxy groups -OCH3 is 1. The van der Waals surface area contributed by atoms with Crippen LogP contribution in [0.3, 0.4) is 0 Å². The molecule has 0 atom stereocenters. The molecular formula is C31H36Cl2N4O4. The fourth-order valence-corrected chi connectivity index (χ4v) is 5.52. The highest BCUT2D eigenvalue weighted by Gasteiger charge is 2.32. The highest BCUT2D eigenvalue weighted by molar-refractivity contribution is 6.39. The number of rotatable bonds is 6. The van der Waals surface area contributed by atoms with E-state index in [-0.39, 0.29) is 18.5 Å². The number of hydrogen-bond acceptors (Lipinski definition) is 6. The summed E-state index contributed by atoms with van der Waals surface area (Å²) in [5.74, 6) is 0.626. The highest BCUT2D eigenvalue weighted by Crippen LogP contribution is 2.40. The molecule has 0 unspecified atom stereocenters. The number of piperidine rings is 1. The van der Waals surface area contributed by atoms with Crippen LogP contribution in [0.5, 0.6) is 5.75 Å². The first-order valence-electron chi connectivity index (χ1n) is 13.5. The second kappa shape index (κ2) is 12.6. The lowest BCUT2D eigenvalue weighted by Gasteiger charge is -2.39. The molecule has 2 aromatic carbocycles. The summed E-state index contributed by atoms with van der Waals surface area (Å²) in [5, 5.41) is 0.860. The fourth-order valence-electron chi connectivity index (χ4n) is 4.97. The number of halogens is 2. The smallest absolute Gasteiger partial charge is 0.410 e. The van der Waals surface area contributed by atoms with Gasteiger partial charge in [-0.15, -0.1) is 0 Å². The fraction of sp³-hybridized carbons (Fsp3) is 0.387. The molecule has 1 aliphatic rings. The Labute approximate surface area is 251 Å². The lowest BCUT2D eigenvalue weighted by atomic mass is 10.00. The molecule has 8 nitrogen and oxygen atoms in total. The lowest BCUT2D eigenvalue weighted by molar-refractivity contribution is -0.130. The number of nitrogens with two attached hydrogens (primary N) is 1. The molecule has 218 valence electrons. The number of hydrogen-bond donors (Lipinski definition) is 1. The Balaban J connectivity index is 1.66. The Morgan fingerprint density at radius 2 is 1.76 bits per heavy atom. The van der Waals surface area contributed by atoms with Crippen molar-refractivity contribution < 1.29 is 19.1 Å². The van der Waals surface area contributed by atoms with E-state index in [2.05, 4.69) is 4.98 Å². The van der Waals surface area contributed by atoms with Gasteiger partial charge in [-0.25, -0.2) is 4.79 Å². The van der Waals surface area contributed by atoms with Crippen LogP contribution in [0.15, 0.2) is 48.7 Å². The molecule has 41 heavy (non-hydrogen) atoms. The van der Waals surface area contributed by atoms with Gasteiger partial charge in [0.2, 0.25) is 5.91 Å². The summed E-state index contributed by atoms with van der Waals surface area (Å²) in [6.07, 6.45) is 2.60. The van der Waals surface area contributed by atoms with Gasteiger partial charge in [-0.3, -0.25) is 9.78 Å². The molecule has 0 spiro atoms. The lowest BCUT2D eigenvalue weighted by Crippen LogP contribution is -2.49. The predicted molar refractivity (Wildman–Crippen MR) is 163 cm³/mol. The third-order valence-electron chi connectivity index (χ3n) is 7.09. The number of ether oxygens (including phenoxy) is 2. The Morgan fingerprint density at radius 1 is 1.07 bits per heavy atom. The third kappa shape index (κ3) is 7.05. The summed E-state index contributed by atoms with van der Waals surface area (Å²) < 4.78 is 11.5. The zero-order chi connectivity index (χ0) is 29.9. The van der Waals surface area contributed by atoms with Crippen LogP contribution >= 0.6 is 23.2 Å². The molecule has 0 radical (unpaired) electrons. The Bertz CT molecular complexity index is 1430. The van der Waals surface area contributed by atoms with E-state index in [0.717, 1.165) is 11.1 Å². The molecule has 10 heteroatoms. The molecule has 0 saturated carbocycles. The second-order valence-corrected chi connectivity index (χ2v) is 11.9. The van der Waals surface area contributed by atoms with E-state index in [4.69, 9.17) is 38.4 Å². The number of aromatic nitrogens is 1. The maximum atomic E-state index is 13.4. The zero-order valence-electron chi connectivity index (χ0n) is 24.0. The van der Waals surface area contributed by atoms with E-state index < -0.39 is 11.7 Å². The molecule has 1 aromatic heterocycles. The van der Waals surface area contributed by atoms with Gasteiger partial charge in [-0.05, 0) is 51.8 Å². The van der Waals surface area contributed by atoms with Crippen LogP contribution in [0.2, 0.25) is 10.0 Å².